The number of hydrogen-bond acceptors (Lipinski definition) is 18. The summed E-state index contributed by atoms with van der Waals surface area (Å²) >= 11 is 0. The summed E-state index contributed by atoms with van der Waals surface area (Å²) in [6.07, 6.45) is 32.4. The molecule has 3 aliphatic rings. The highest BCUT2D eigenvalue weighted by Crippen LogP contribution is 2.33. The summed E-state index contributed by atoms with van der Waals surface area (Å²) in [5.74, 6) is -0.356. The summed E-state index contributed by atoms with van der Waals surface area (Å²) in [5.41, 5.74) is 0. The molecule has 0 saturated carbocycles. The molecule has 86 heavy (non-hydrogen) atoms. The first-order chi connectivity index (χ1) is 41.8. The van der Waals surface area contributed by atoms with E-state index in [1.165, 1.54) is 148 Å². The van der Waals surface area contributed by atoms with Gasteiger partial charge >= 0.3 is 0 Å². The van der Waals surface area contributed by atoms with E-state index >= 15 is 0 Å². The van der Waals surface area contributed by atoms with Crippen molar-refractivity contribution in [1.82, 2.24) is 5.32 Å². The summed E-state index contributed by atoms with van der Waals surface area (Å²) in [4.78, 5) is 13.3. The summed E-state index contributed by atoms with van der Waals surface area (Å²) in [6, 6.07) is -1.01. The van der Waals surface area contributed by atoms with E-state index in [4.69, 9.17) is 28.4 Å². The zero-order valence-electron chi connectivity index (χ0n) is 52.5. The molecule has 17 unspecified atom stereocenters. The molecule has 19 heteroatoms. The van der Waals surface area contributed by atoms with Gasteiger partial charge in [0.15, 0.2) is 18.9 Å². The lowest BCUT2D eigenvalue weighted by Gasteiger charge is -2.48. The third kappa shape index (κ3) is 31.5. The highest BCUT2D eigenvalue weighted by atomic mass is 16.8. The van der Waals surface area contributed by atoms with Crippen molar-refractivity contribution in [2.75, 3.05) is 26.4 Å². The van der Waals surface area contributed by atoms with Gasteiger partial charge in [-0.25, -0.2) is 0 Å². The molecule has 0 aromatic carbocycles. The summed E-state index contributed by atoms with van der Waals surface area (Å²) < 4.78 is 34.2. The number of amides is 1. The van der Waals surface area contributed by atoms with Crippen molar-refractivity contribution in [2.24, 2.45) is 0 Å². The van der Waals surface area contributed by atoms with Crippen molar-refractivity contribution < 1.29 is 89.4 Å². The van der Waals surface area contributed by atoms with Crippen LogP contribution in [0.2, 0.25) is 0 Å². The molecule has 0 aromatic heterocycles. The Balaban J connectivity index is 1.43. The number of unbranched alkanes of at least 4 members (excludes halogenated alkanes) is 26. The van der Waals surface area contributed by atoms with Crippen LogP contribution in [0.4, 0.5) is 0 Å². The zero-order valence-corrected chi connectivity index (χ0v) is 52.5. The van der Waals surface area contributed by atoms with Crippen molar-refractivity contribution in [2.45, 2.75) is 330 Å². The van der Waals surface area contributed by atoms with Crippen LogP contribution in [0, 0.1) is 0 Å². The number of carbonyl (C=O) groups is 1. The highest BCUT2D eigenvalue weighted by molar-refractivity contribution is 5.76. The molecule has 0 bridgehead atoms. The fraction of sp³-hybridized carbons (Fsp3) is 0.836. The van der Waals surface area contributed by atoms with E-state index in [0.29, 0.717) is 12.8 Å². The van der Waals surface area contributed by atoms with E-state index in [0.717, 1.165) is 44.9 Å². The van der Waals surface area contributed by atoms with Crippen LogP contribution in [-0.4, -0.2) is 193 Å². The Labute approximate surface area is 515 Å². The lowest BCUT2D eigenvalue weighted by Crippen LogP contribution is -2.66. The monoisotopic (exact) mass is 1230 g/mol. The van der Waals surface area contributed by atoms with Gasteiger partial charge in [-0.05, 0) is 44.9 Å². The van der Waals surface area contributed by atoms with Crippen LogP contribution in [-0.2, 0) is 33.2 Å². The second-order valence-electron chi connectivity index (χ2n) is 23.9. The van der Waals surface area contributed by atoms with Gasteiger partial charge in [-0.2, -0.15) is 0 Å². The maximum atomic E-state index is 13.3. The van der Waals surface area contributed by atoms with Gasteiger partial charge < -0.3 is 89.9 Å². The molecule has 500 valence electrons. The molecule has 19 nitrogen and oxygen atoms in total. The van der Waals surface area contributed by atoms with Crippen molar-refractivity contribution in [3.8, 4) is 0 Å². The van der Waals surface area contributed by atoms with Crippen LogP contribution in [0.1, 0.15) is 226 Å². The van der Waals surface area contributed by atoms with Crippen LogP contribution >= 0.6 is 0 Å². The summed E-state index contributed by atoms with van der Waals surface area (Å²) in [5, 5.41) is 120. The van der Waals surface area contributed by atoms with Gasteiger partial charge in [0, 0.05) is 6.42 Å². The predicted octanol–water partition coefficient (Wildman–Crippen LogP) is 7.99. The van der Waals surface area contributed by atoms with Crippen LogP contribution in [0.3, 0.4) is 0 Å². The average molecular weight is 1230 g/mol. The first-order valence-electron chi connectivity index (χ1n) is 33.5. The fourth-order valence-electron chi connectivity index (χ4n) is 11.1. The van der Waals surface area contributed by atoms with Crippen molar-refractivity contribution in [3.05, 3.63) is 60.8 Å². The Morgan fingerprint density at radius 1 is 0.430 bits per heavy atom. The van der Waals surface area contributed by atoms with Crippen LogP contribution in [0.25, 0.3) is 0 Å². The van der Waals surface area contributed by atoms with Gasteiger partial charge in [0.25, 0.3) is 0 Å². The Morgan fingerprint density at radius 3 is 1.23 bits per heavy atom. The minimum atomic E-state index is -1.99. The number of aliphatic hydroxyl groups is 11. The van der Waals surface area contributed by atoms with E-state index < -0.39 is 124 Å². The zero-order chi connectivity index (χ0) is 62.6. The quantitative estimate of drug-likeness (QED) is 0.0203. The number of hydrogen-bond donors (Lipinski definition) is 12. The molecule has 3 rings (SSSR count). The Kier molecular flexibility index (Phi) is 44.5. The van der Waals surface area contributed by atoms with Crippen molar-refractivity contribution in [3.63, 3.8) is 0 Å². The molecule has 3 saturated heterocycles. The van der Waals surface area contributed by atoms with Crippen LogP contribution in [0.15, 0.2) is 60.8 Å². The van der Waals surface area contributed by atoms with Crippen molar-refractivity contribution >= 4 is 5.91 Å². The normalized spacial score (nSPS) is 29.2. The molecule has 17 atom stereocenters. The predicted molar refractivity (Wildman–Crippen MR) is 332 cm³/mol. The second kappa shape index (κ2) is 49.2. The fourth-order valence-corrected chi connectivity index (χ4v) is 11.1. The lowest BCUT2D eigenvalue weighted by atomic mass is 9.96. The number of aliphatic hydroxyl groups excluding tert-OH is 11. The Hall–Kier alpha value is -2.51. The third-order valence-corrected chi connectivity index (χ3v) is 16.6. The molecule has 3 aliphatic heterocycles. The van der Waals surface area contributed by atoms with E-state index in [-0.39, 0.29) is 18.9 Å². The standard InChI is InChI=1S/C67H119NO18/c1-3-5-7-9-11-13-15-17-18-19-20-21-22-23-24-25-26-27-28-29-30-31-33-34-36-38-40-42-44-51(72)50(68-55(73)45-43-41-39-37-35-32-16-14-12-10-8-6-4-2)49-81-65-61(79)58(76)63(53(47-70)83-65)86-67-62(80)59(77)64(54(48-71)84-67)85-66-60(78)57(75)56(74)52(46-69)82-66/h6,8,12,14,32,35,39,41-42,44,50-54,56-67,69-72,74-80H,3-5,7,9-11,13,15-31,33-34,36-38,40,43,45-49H2,1-2H3,(H,68,73)/b8-6-,14-12-,35-32-,41-39-,44-42+. The maximum absolute atomic E-state index is 13.3. The third-order valence-electron chi connectivity index (χ3n) is 16.6. The summed E-state index contributed by atoms with van der Waals surface area (Å²) in [7, 11) is 0. The lowest BCUT2D eigenvalue weighted by molar-refractivity contribution is -0.379. The topological polar surface area (TPSA) is 307 Å². The number of allylic oxidation sites excluding steroid dienone is 9. The van der Waals surface area contributed by atoms with Gasteiger partial charge in [0.2, 0.25) is 5.91 Å². The van der Waals surface area contributed by atoms with E-state index in [9.17, 15) is 61.0 Å². The second-order valence-corrected chi connectivity index (χ2v) is 23.9. The van der Waals surface area contributed by atoms with E-state index in [2.05, 4.69) is 55.6 Å². The number of nitrogens with one attached hydrogen (secondary N) is 1. The molecule has 0 radical (unpaired) electrons. The first kappa shape index (κ1) is 77.7. The molecule has 12 N–H and O–H groups in total. The molecule has 0 spiro atoms. The average Bonchev–Trinajstić information content (AvgIpc) is 2.26. The number of carbonyl (C=O) groups excluding carboxylic acids is 1. The largest absolute Gasteiger partial charge is 0.394 e. The van der Waals surface area contributed by atoms with Gasteiger partial charge in [0.1, 0.15) is 73.2 Å². The number of ether oxygens (including phenoxy) is 6. The molecular formula is C67H119NO18. The smallest absolute Gasteiger partial charge is 0.220 e. The highest BCUT2D eigenvalue weighted by Gasteiger charge is 2.53. The first-order valence-corrected chi connectivity index (χ1v) is 33.5. The van der Waals surface area contributed by atoms with Crippen molar-refractivity contribution in [1.29, 1.82) is 0 Å². The molecule has 0 aromatic rings. The maximum Gasteiger partial charge on any atom is 0.220 e. The number of rotatable bonds is 50. The van der Waals surface area contributed by atoms with Crippen LogP contribution < -0.4 is 5.32 Å². The Bertz CT molecular complexity index is 1800. The SMILES string of the molecule is CC/C=C\C/C=C\C/C=C\C/C=C\CCC(=O)NC(COC1OC(CO)C(OC2OC(CO)C(OC3OC(CO)C(O)C(O)C3O)C(O)C2O)C(O)C1O)C(O)/C=C/CCCCCCCCCCCCCCCCCCCCCCCCCCCC. The molecular weight excluding hydrogens is 1110 g/mol. The molecule has 3 fully saturated rings. The summed E-state index contributed by atoms with van der Waals surface area (Å²) in [6.45, 7) is 1.56. The molecule has 3 heterocycles. The van der Waals surface area contributed by atoms with Gasteiger partial charge in [-0.15, -0.1) is 0 Å². The van der Waals surface area contributed by atoms with Gasteiger partial charge in [0.05, 0.1) is 38.6 Å². The van der Waals surface area contributed by atoms with Gasteiger partial charge in [-0.1, -0.05) is 235 Å². The molecule has 0 aliphatic carbocycles. The van der Waals surface area contributed by atoms with Crippen LogP contribution in [0.5, 0.6) is 0 Å². The minimum Gasteiger partial charge on any atom is -0.394 e. The van der Waals surface area contributed by atoms with E-state index in [1.807, 2.05) is 18.2 Å². The molecule has 1 amide bonds. The minimum absolute atomic E-state index is 0.120. The van der Waals surface area contributed by atoms with E-state index in [1.54, 1.807) is 6.08 Å². The Morgan fingerprint density at radius 2 is 0.802 bits per heavy atom. The van der Waals surface area contributed by atoms with Gasteiger partial charge in [-0.3, -0.25) is 4.79 Å².